The van der Waals surface area contributed by atoms with E-state index in [0.717, 1.165) is 12.1 Å². The molecule has 1 aliphatic heterocycles. The van der Waals surface area contributed by atoms with E-state index in [2.05, 4.69) is 43.3 Å². The fraction of sp³-hybridized carbons (Fsp3) is 0.533. The first-order chi connectivity index (χ1) is 8.62. The van der Waals surface area contributed by atoms with Gasteiger partial charge in [0, 0.05) is 18.9 Å². The minimum atomic E-state index is -0.212. The highest BCUT2D eigenvalue weighted by molar-refractivity contribution is 5.92. The van der Waals surface area contributed by atoms with E-state index in [0.29, 0.717) is 19.1 Å². The SMILES string of the molecule is CCOCC1=NOC(C)(C)CC1c1ccccc1. The van der Waals surface area contributed by atoms with Crippen molar-refractivity contribution >= 4 is 5.71 Å². The number of hydrogen-bond donors (Lipinski definition) is 0. The van der Waals surface area contributed by atoms with Gasteiger partial charge in [-0.25, -0.2) is 0 Å². The second-order valence-electron chi connectivity index (χ2n) is 5.24. The molecule has 1 atom stereocenters. The number of oxime groups is 1. The van der Waals surface area contributed by atoms with Gasteiger partial charge < -0.3 is 9.57 Å². The Kier molecular flexibility index (Phi) is 4.02. The zero-order valence-corrected chi connectivity index (χ0v) is 11.3. The molecule has 0 spiro atoms. The molecular formula is C15H21NO2. The van der Waals surface area contributed by atoms with Crippen LogP contribution in [0.1, 0.15) is 38.7 Å². The Hall–Kier alpha value is -1.35. The third-order valence-electron chi connectivity index (χ3n) is 3.16. The summed E-state index contributed by atoms with van der Waals surface area (Å²) < 4.78 is 5.48. The van der Waals surface area contributed by atoms with E-state index >= 15 is 0 Å². The monoisotopic (exact) mass is 247 g/mol. The number of benzene rings is 1. The van der Waals surface area contributed by atoms with Gasteiger partial charge in [-0.3, -0.25) is 0 Å². The third kappa shape index (κ3) is 3.10. The van der Waals surface area contributed by atoms with Crippen molar-refractivity contribution in [2.75, 3.05) is 13.2 Å². The first-order valence-corrected chi connectivity index (χ1v) is 6.50. The van der Waals surface area contributed by atoms with Crippen molar-refractivity contribution < 1.29 is 9.57 Å². The summed E-state index contributed by atoms with van der Waals surface area (Å²) in [7, 11) is 0. The largest absolute Gasteiger partial charge is 0.390 e. The van der Waals surface area contributed by atoms with Crippen LogP contribution < -0.4 is 0 Å². The molecule has 1 aromatic rings. The van der Waals surface area contributed by atoms with E-state index in [1.165, 1.54) is 5.56 Å². The van der Waals surface area contributed by atoms with Crippen LogP contribution in [0.4, 0.5) is 0 Å². The molecule has 0 fully saturated rings. The number of rotatable bonds is 4. The first kappa shape index (κ1) is 13.1. The summed E-state index contributed by atoms with van der Waals surface area (Å²) in [4.78, 5) is 5.53. The van der Waals surface area contributed by atoms with Crippen molar-refractivity contribution in [1.29, 1.82) is 0 Å². The zero-order valence-electron chi connectivity index (χ0n) is 11.3. The molecule has 3 heteroatoms. The van der Waals surface area contributed by atoms with Crippen molar-refractivity contribution in [2.24, 2.45) is 5.16 Å². The molecule has 1 aliphatic rings. The van der Waals surface area contributed by atoms with Gasteiger partial charge in [-0.15, -0.1) is 0 Å². The third-order valence-corrected chi connectivity index (χ3v) is 3.16. The smallest absolute Gasteiger partial charge is 0.133 e. The molecule has 0 N–H and O–H groups in total. The Morgan fingerprint density at radius 2 is 2.06 bits per heavy atom. The van der Waals surface area contributed by atoms with Gasteiger partial charge in [-0.2, -0.15) is 0 Å². The van der Waals surface area contributed by atoms with Gasteiger partial charge in [0.1, 0.15) is 5.60 Å². The minimum absolute atomic E-state index is 0.212. The second-order valence-corrected chi connectivity index (χ2v) is 5.24. The van der Waals surface area contributed by atoms with Crippen molar-refractivity contribution in [2.45, 2.75) is 38.7 Å². The molecule has 0 bridgehead atoms. The molecular weight excluding hydrogens is 226 g/mol. The molecule has 18 heavy (non-hydrogen) atoms. The lowest BCUT2D eigenvalue weighted by atomic mass is 9.84. The Labute approximate surface area is 109 Å². The van der Waals surface area contributed by atoms with Gasteiger partial charge in [0.05, 0.1) is 12.3 Å². The Morgan fingerprint density at radius 3 is 2.72 bits per heavy atom. The molecule has 0 aromatic heterocycles. The van der Waals surface area contributed by atoms with Crippen LogP contribution in [0.3, 0.4) is 0 Å². The predicted molar refractivity (Wildman–Crippen MR) is 72.9 cm³/mol. The van der Waals surface area contributed by atoms with Crippen LogP contribution in [0.2, 0.25) is 0 Å². The molecule has 1 heterocycles. The molecule has 0 amide bonds. The molecule has 98 valence electrons. The zero-order chi connectivity index (χ0) is 13.0. The second kappa shape index (κ2) is 5.53. The molecule has 1 aromatic carbocycles. The maximum Gasteiger partial charge on any atom is 0.133 e. The van der Waals surface area contributed by atoms with Gasteiger partial charge in [0.25, 0.3) is 0 Å². The topological polar surface area (TPSA) is 30.8 Å². The summed E-state index contributed by atoms with van der Waals surface area (Å²) in [6.07, 6.45) is 0.933. The molecule has 0 saturated heterocycles. The average Bonchev–Trinajstić information content (AvgIpc) is 2.38. The maximum atomic E-state index is 5.53. The van der Waals surface area contributed by atoms with Crippen molar-refractivity contribution in [3.8, 4) is 0 Å². The Balaban J connectivity index is 2.23. The summed E-state index contributed by atoms with van der Waals surface area (Å²) >= 11 is 0. The molecule has 2 rings (SSSR count). The van der Waals surface area contributed by atoms with E-state index in [4.69, 9.17) is 9.57 Å². The van der Waals surface area contributed by atoms with Gasteiger partial charge in [0.15, 0.2) is 0 Å². The van der Waals surface area contributed by atoms with Crippen LogP contribution in [-0.4, -0.2) is 24.5 Å². The summed E-state index contributed by atoms with van der Waals surface area (Å²) in [6, 6.07) is 10.5. The Morgan fingerprint density at radius 1 is 1.33 bits per heavy atom. The van der Waals surface area contributed by atoms with Crippen molar-refractivity contribution in [1.82, 2.24) is 0 Å². The highest BCUT2D eigenvalue weighted by Gasteiger charge is 2.33. The van der Waals surface area contributed by atoms with Crippen LogP contribution in [0.25, 0.3) is 0 Å². The maximum absolute atomic E-state index is 5.53. The fourth-order valence-corrected chi connectivity index (χ4v) is 2.22. The lowest BCUT2D eigenvalue weighted by Crippen LogP contribution is -2.35. The van der Waals surface area contributed by atoms with E-state index in [1.54, 1.807) is 0 Å². The van der Waals surface area contributed by atoms with Crippen LogP contribution >= 0.6 is 0 Å². The predicted octanol–water partition coefficient (Wildman–Crippen LogP) is 3.36. The highest BCUT2D eigenvalue weighted by Crippen LogP contribution is 2.33. The standard InChI is InChI=1S/C15H21NO2/c1-4-17-11-14-13(10-15(2,3)18-16-14)12-8-6-5-7-9-12/h5-9,13H,4,10-11H2,1-3H3. The number of ether oxygens (including phenoxy) is 1. The van der Waals surface area contributed by atoms with Crippen LogP contribution in [0.15, 0.2) is 35.5 Å². The van der Waals surface area contributed by atoms with Crippen molar-refractivity contribution in [3.05, 3.63) is 35.9 Å². The molecule has 0 saturated carbocycles. The lowest BCUT2D eigenvalue weighted by molar-refractivity contribution is -0.0351. The van der Waals surface area contributed by atoms with Gasteiger partial charge in [0.2, 0.25) is 0 Å². The number of nitrogens with zero attached hydrogens (tertiary/aromatic N) is 1. The number of hydrogen-bond acceptors (Lipinski definition) is 3. The highest BCUT2D eigenvalue weighted by atomic mass is 16.7. The van der Waals surface area contributed by atoms with E-state index in [1.807, 2.05) is 13.0 Å². The van der Waals surface area contributed by atoms with Crippen LogP contribution in [0, 0.1) is 0 Å². The minimum Gasteiger partial charge on any atom is -0.390 e. The van der Waals surface area contributed by atoms with Crippen molar-refractivity contribution in [3.63, 3.8) is 0 Å². The fourth-order valence-electron chi connectivity index (χ4n) is 2.22. The summed E-state index contributed by atoms with van der Waals surface area (Å²) in [5.74, 6) is 0.293. The summed E-state index contributed by atoms with van der Waals surface area (Å²) in [5.41, 5.74) is 2.06. The Bertz CT molecular complexity index is 412. The summed E-state index contributed by atoms with van der Waals surface area (Å²) in [5, 5.41) is 4.27. The van der Waals surface area contributed by atoms with E-state index in [9.17, 15) is 0 Å². The molecule has 3 nitrogen and oxygen atoms in total. The molecule has 1 unspecified atom stereocenters. The van der Waals surface area contributed by atoms with E-state index in [-0.39, 0.29) is 5.60 Å². The van der Waals surface area contributed by atoms with E-state index < -0.39 is 0 Å². The quantitative estimate of drug-likeness (QED) is 0.816. The van der Waals surface area contributed by atoms with Crippen LogP contribution in [-0.2, 0) is 9.57 Å². The lowest BCUT2D eigenvalue weighted by Gasteiger charge is -2.33. The molecule has 0 radical (unpaired) electrons. The normalized spacial score (nSPS) is 22.2. The van der Waals surface area contributed by atoms with Crippen LogP contribution in [0.5, 0.6) is 0 Å². The van der Waals surface area contributed by atoms with Gasteiger partial charge in [-0.05, 0) is 26.3 Å². The first-order valence-electron chi connectivity index (χ1n) is 6.50. The van der Waals surface area contributed by atoms with Gasteiger partial charge >= 0.3 is 0 Å². The van der Waals surface area contributed by atoms with Gasteiger partial charge in [-0.1, -0.05) is 35.5 Å². The molecule has 0 aliphatic carbocycles. The summed E-state index contributed by atoms with van der Waals surface area (Å²) in [6.45, 7) is 7.38. The average molecular weight is 247 g/mol.